The molecule has 2 heterocycles. The van der Waals surface area contributed by atoms with Gasteiger partial charge in [0.2, 0.25) is 0 Å². The summed E-state index contributed by atoms with van der Waals surface area (Å²) >= 11 is 1.84. The molecule has 2 rings (SSSR count). The molecular formula is C8H12N2S. The Labute approximate surface area is 70.6 Å². The van der Waals surface area contributed by atoms with E-state index >= 15 is 0 Å². The lowest BCUT2D eigenvalue weighted by Gasteiger charge is -2.18. The van der Waals surface area contributed by atoms with Crippen molar-refractivity contribution >= 4 is 11.3 Å². The van der Waals surface area contributed by atoms with Crippen molar-refractivity contribution in [2.24, 2.45) is 0 Å². The molecule has 0 aliphatic carbocycles. The molecule has 0 amide bonds. The van der Waals surface area contributed by atoms with E-state index in [1.807, 2.05) is 11.3 Å². The molecule has 0 unspecified atom stereocenters. The number of hydrazine groups is 1. The third-order valence-electron chi connectivity index (χ3n) is 2.20. The molecule has 0 saturated carbocycles. The van der Waals surface area contributed by atoms with Gasteiger partial charge in [-0.15, -0.1) is 11.3 Å². The average molecular weight is 168 g/mol. The molecule has 2 N–H and O–H groups in total. The number of hydrogen-bond acceptors (Lipinski definition) is 3. The fourth-order valence-corrected chi connectivity index (χ4v) is 2.26. The smallest absolute Gasteiger partial charge is 0.0296 e. The Morgan fingerprint density at radius 3 is 2.73 bits per heavy atom. The van der Waals surface area contributed by atoms with E-state index in [9.17, 15) is 0 Å². The third kappa shape index (κ3) is 1.20. The Balaban J connectivity index is 2.27. The normalized spacial score (nSPS) is 22.3. The minimum Gasteiger partial charge on any atom is -0.257 e. The Hall–Kier alpha value is -0.380. The lowest BCUT2D eigenvalue weighted by molar-refractivity contribution is 0.565. The van der Waals surface area contributed by atoms with Crippen molar-refractivity contribution in [2.75, 3.05) is 13.1 Å². The fourth-order valence-electron chi connectivity index (χ4n) is 1.37. The van der Waals surface area contributed by atoms with Crippen LogP contribution in [0.15, 0.2) is 17.5 Å². The number of hydrogen-bond donors (Lipinski definition) is 2. The first-order valence-electron chi connectivity index (χ1n) is 3.81. The molecule has 2 nitrogen and oxygen atoms in total. The molecular weight excluding hydrogens is 156 g/mol. The van der Waals surface area contributed by atoms with Crippen LogP contribution in [0.5, 0.6) is 0 Å². The number of rotatable bonds is 1. The molecule has 0 bridgehead atoms. The molecule has 1 aliphatic heterocycles. The van der Waals surface area contributed by atoms with Gasteiger partial charge in [0, 0.05) is 23.4 Å². The van der Waals surface area contributed by atoms with Gasteiger partial charge in [0.25, 0.3) is 0 Å². The highest BCUT2D eigenvalue weighted by molar-refractivity contribution is 7.10. The first-order valence-corrected chi connectivity index (χ1v) is 4.69. The van der Waals surface area contributed by atoms with E-state index in [2.05, 4.69) is 35.3 Å². The van der Waals surface area contributed by atoms with Crippen LogP contribution in [0.1, 0.15) is 11.8 Å². The highest BCUT2D eigenvalue weighted by Gasteiger charge is 2.31. The van der Waals surface area contributed by atoms with Crippen LogP contribution in [0.4, 0.5) is 0 Å². The van der Waals surface area contributed by atoms with Gasteiger partial charge in [0.05, 0.1) is 0 Å². The zero-order valence-electron chi connectivity index (χ0n) is 6.55. The lowest BCUT2D eigenvalue weighted by atomic mass is 9.90. The van der Waals surface area contributed by atoms with Gasteiger partial charge in [-0.25, -0.2) is 0 Å². The minimum absolute atomic E-state index is 0.314. The second kappa shape index (κ2) is 2.59. The SMILES string of the molecule is CC1(c2cccs2)CNNC1. The largest absolute Gasteiger partial charge is 0.257 e. The van der Waals surface area contributed by atoms with Crippen LogP contribution in [0.25, 0.3) is 0 Å². The molecule has 1 saturated heterocycles. The van der Waals surface area contributed by atoms with Crippen molar-refractivity contribution in [2.45, 2.75) is 12.3 Å². The van der Waals surface area contributed by atoms with Gasteiger partial charge in [0.1, 0.15) is 0 Å². The van der Waals surface area contributed by atoms with E-state index < -0.39 is 0 Å². The highest BCUT2D eigenvalue weighted by atomic mass is 32.1. The molecule has 11 heavy (non-hydrogen) atoms. The number of nitrogens with one attached hydrogen (secondary N) is 2. The Kier molecular flexibility index (Phi) is 1.71. The zero-order chi connectivity index (χ0) is 7.73. The molecule has 1 aromatic heterocycles. The van der Waals surface area contributed by atoms with E-state index in [1.165, 1.54) is 4.88 Å². The van der Waals surface area contributed by atoms with Crippen LogP contribution in [0.2, 0.25) is 0 Å². The van der Waals surface area contributed by atoms with Crippen LogP contribution < -0.4 is 10.9 Å². The van der Waals surface area contributed by atoms with E-state index in [0.29, 0.717) is 5.41 Å². The van der Waals surface area contributed by atoms with Gasteiger partial charge in [-0.2, -0.15) is 0 Å². The van der Waals surface area contributed by atoms with Crippen molar-refractivity contribution < 1.29 is 0 Å². The summed E-state index contributed by atoms with van der Waals surface area (Å²) in [6.07, 6.45) is 0. The molecule has 1 fully saturated rings. The molecule has 0 aromatic carbocycles. The van der Waals surface area contributed by atoms with Gasteiger partial charge < -0.3 is 0 Å². The van der Waals surface area contributed by atoms with Crippen molar-refractivity contribution in [3.05, 3.63) is 22.4 Å². The standard InChI is InChI=1S/C8H12N2S/c1-8(5-9-10-6-8)7-3-2-4-11-7/h2-4,9-10H,5-6H2,1H3. The molecule has 0 radical (unpaired) electrons. The molecule has 1 aliphatic rings. The van der Waals surface area contributed by atoms with Crippen LogP contribution in [0, 0.1) is 0 Å². The summed E-state index contributed by atoms with van der Waals surface area (Å²) in [6.45, 7) is 4.35. The van der Waals surface area contributed by atoms with E-state index in [1.54, 1.807) is 0 Å². The Morgan fingerprint density at radius 1 is 1.45 bits per heavy atom. The second-order valence-corrected chi connectivity index (χ2v) is 4.19. The highest BCUT2D eigenvalue weighted by Crippen LogP contribution is 2.28. The summed E-state index contributed by atoms with van der Waals surface area (Å²) in [5.74, 6) is 0. The minimum atomic E-state index is 0.314. The second-order valence-electron chi connectivity index (χ2n) is 3.25. The first kappa shape index (κ1) is 7.28. The topological polar surface area (TPSA) is 24.1 Å². The van der Waals surface area contributed by atoms with Gasteiger partial charge in [-0.05, 0) is 11.4 Å². The predicted molar refractivity (Wildman–Crippen MR) is 47.7 cm³/mol. The van der Waals surface area contributed by atoms with Gasteiger partial charge >= 0.3 is 0 Å². The first-order chi connectivity index (χ1) is 5.31. The summed E-state index contributed by atoms with van der Waals surface area (Å²) < 4.78 is 0. The maximum atomic E-state index is 3.16. The summed E-state index contributed by atoms with van der Waals surface area (Å²) in [4.78, 5) is 1.47. The molecule has 0 atom stereocenters. The monoisotopic (exact) mass is 168 g/mol. The Bertz CT molecular complexity index is 224. The van der Waals surface area contributed by atoms with Crippen LogP contribution in [-0.2, 0) is 5.41 Å². The quantitative estimate of drug-likeness (QED) is 0.656. The lowest BCUT2D eigenvalue weighted by Crippen LogP contribution is -2.26. The Morgan fingerprint density at radius 2 is 2.18 bits per heavy atom. The van der Waals surface area contributed by atoms with E-state index in [4.69, 9.17) is 0 Å². The predicted octanol–water partition coefficient (Wildman–Crippen LogP) is 1.11. The van der Waals surface area contributed by atoms with Crippen LogP contribution in [0.3, 0.4) is 0 Å². The summed E-state index contributed by atoms with van der Waals surface area (Å²) in [7, 11) is 0. The zero-order valence-corrected chi connectivity index (χ0v) is 7.37. The summed E-state index contributed by atoms with van der Waals surface area (Å²) in [6, 6.07) is 4.32. The summed E-state index contributed by atoms with van der Waals surface area (Å²) in [5.41, 5.74) is 6.63. The van der Waals surface area contributed by atoms with Crippen molar-refractivity contribution in [3.63, 3.8) is 0 Å². The third-order valence-corrected chi connectivity index (χ3v) is 3.37. The van der Waals surface area contributed by atoms with E-state index in [-0.39, 0.29) is 0 Å². The van der Waals surface area contributed by atoms with Gasteiger partial charge in [-0.3, -0.25) is 10.9 Å². The van der Waals surface area contributed by atoms with Crippen molar-refractivity contribution in [1.29, 1.82) is 0 Å². The van der Waals surface area contributed by atoms with E-state index in [0.717, 1.165) is 13.1 Å². The fraction of sp³-hybridized carbons (Fsp3) is 0.500. The molecule has 3 heteroatoms. The maximum absolute atomic E-state index is 3.16. The van der Waals surface area contributed by atoms with Gasteiger partial charge in [-0.1, -0.05) is 13.0 Å². The number of thiophene rings is 1. The van der Waals surface area contributed by atoms with Crippen LogP contribution >= 0.6 is 11.3 Å². The maximum Gasteiger partial charge on any atom is 0.0296 e. The van der Waals surface area contributed by atoms with Crippen molar-refractivity contribution in [1.82, 2.24) is 10.9 Å². The average Bonchev–Trinajstić information content (AvgIpc) is 2.55. The van der Waals surface area contributed by atoms with Crippen molar-refractivity contribution in [3.8, 4) is 0 Å². The van der Waals surface area contributed by atoms with Crippen LogP contribution in [-0.4, -0.2) is 13.1 Å². The summed E-state index contributed by atoms with van der Waals surface area (Å²) in [5, 5.41) is 2.14. The van der Waals surface area contributed by atoms with Gasteiger partial charge in [0.15, 0.2) is 0 Å². The molecule has 1 aromatic rings. The molecule has 60 valence electrons. The molecule has 0 spiro atoms.